The summed E-state index contributed by atoms with van der Waals surface area (Å²) < 4.78 is 22.0. The lowest BCUT2D eigenvalue weighted by molar-refractivity contribution is 0.495. The molecule has 66 valence electrons. The molecule has 1 N–H and O–H groups in total. The van der Waals surface area contributed by atoms with Crippen LogP contribution < -0.4 is 5.32 Å². The first-order valence-electron chi connectivity index (χ1n) is 3.96. The fourth-order valence-corrected chi connectivity index (χ4v) is 3.08. The van der Waals surface area contributed by atoms with E-state index >= 15 is 0 Å². The summed E-state index contributed by atoms with van der Waals surface area (Å²) in [6.45, 7) is 4.07. The SMILES string of the molecule is CC(C)NC1CCS(=O)(=O)C1. The van der Waals surface area contributed by atoms with Crippen LogP contribution in [0.1, 0.15) is 20.3 Å². The second-order valence-corrected chi connectivity index (χ2v) is 5.65. The minimum Gasteiger partial charge on any atom is -0.311 e. The Morgan fingerprint density at radius 3 is 2.45 bits per heavy atom. The predicted molar refractivity (Wildman–Crippen MR) is 45.3 cm³/mol. The average molecular weight is 177 g/mol. The zero-order chi connectivity index (χ0) is 8.48. The zero-order valence-electron chi connectivity index (χ0n) is 7.00. The van der Waals surface area contributed by atoms with Gasteiger partial charge in [-0.15, -0.1) is 0 Å². The van der Waals surface area contributed by atoms with Gasteiger partial charge in [-0.2, -0.15) is 0 Å². The van der Waals surface area contributed by atoms with E-state index in [1.807, 2.05) is 13.8 Å². The molecule has 0 aromatic carbocycles. The zero-order valence-corrected chi connectivity index (χ0v) is 7.82. The third kappa shape index (κ3) is 2.79. The summed E-state index contributed by atoms with van der Waals surface area (Å²) >= 11 is 0. The Morgan fingerprint density at radius 1 is 1.45 bits per heavy atom. The van der Waals surface area contributed by atoms with Crippen LogP contribution in [0.2, 0.25) is 0 Å². The second kappa shape index (κ2) is 3.11. The van der Waals surface area contributed by atoms with Crippen LogP contribution in [0.4, 0.5) is 0 Å². The molecule has 0 radical (unpaired) electrons. The highest BCUT2D eigenvalue weighted by atomic mass is 32.2. The van der Waals surface area contributed by atoms with Gasteiger partial charge in [-0.25, -0.2) is 8.42 Å². The molecule has 0 amide bonds. The van der Waals surface area contributed by atoms with Crippen LogP contribution in [0, 0.1) is 0 Å². The van der Waals surface area contributed by atoms with Crippen molar-refractivity contribution >= 4 is 9.84 Å². The monoisotopic (exact) mass is 177 g/mol. The Labute approximate surface area is 68.1 Å². The smallest absolute Gasteiger partial charge is 0.151 e. The Balaban J connectivity index is 2.43. The lowest BCUT2D eigenvalue weighted by Gasteiger charge is -2.13. The van der Waals surface area contributed by atoms with Crippen molar-refractivity contribution in [1.29, 1.82) is 0 Å². The van der Waals surface area contributed by atoms with Gasteiger partial charge in [0.2, 0.25) is 0 Å². The summed E-state index contributed by atoms with van der Waals surface area (Å²) in [5.74, 6) is 0.683. The van der Waals surface area contributed by atoms with E-state index in [9.17, 15) is 8.42 Å². The van der Waals surface area contributed by atoms with Crippen LogP contribution in [-0.4, -0.2) is 32.0 Å². The topological polar surface area (TPSA) is 46.2 Å². The molecule has 1 unspecified atom stereocenters. The van der Waals surface area contributed by atoms with Crippen LogP contribution in [-0.2, 0) is 9.84 Å². The number of hydrogen-bond acceptors (Lipinski definition) is 3. The molecular weight excluding hydrogens is 162 g/mol. The predicted octanol–water partition coefficient (Wildman–Crippen LogP) is 0.171. The minimum absolute atomic E-state index is 0.194. The molecule has 3 nitrogen and oxygen atoms in total. The Morgan fingerprint density at radius 2 is 2.09 bits per heavy atom. The average Bonchev–Trinajstić information content (AvgIpc) is 2.08. The lowest BCUT2D eigenvalue weighted by atomic mass is 10.2. The van der Waals surface area contributed by atoms with Crippen molar-refractivity contribution in [2.45, 2.75) is 32.4 Å². The van der Waals surface area contributed by atoms with Crippen molar-refractivity contribution < 1.29 is 8.42 Å². The molecule has 1 heterocycles. The van der Waals surface area contributed by atoms with Crippen molar-refractivity contribution in [3.8, 4) is 0 Å². The molecule has 0 aromatic rings. The van der Waals surface area contributed by atoms with Crippen LogP contribution >= 0.6 is 0 Å². The van der Waals surface area contributed by atoms with E-state index in [1.165, 1.54) is 0 Å². The van der Waals surface area contributed by atoms with Crippen molar-refractivity contribution in [2.75, 3.05) is 11.5 Å². The van der Waals surface area contributed by atoms with Crippen molar-refractivity contribution in [3.63, 3.8) is 0 Å². The Hall–Kier alpha value is -0.0900. The molecule has 0 aliphatic carbocycles. The van der Waals surface area contributed by atoms with E-state index in [0.29, 0.717) is 17.5 Å². The molecule has 1 aliphatic rings. The van der Waals surface area contributed by atoms with Crippen molar-refractivity contribution in [3.05, 3.63) is 0 Å². The summed E-state index contributed by atoms with van der Waals surface area (Å²) in [5.41, 5.74) is 0. The number of rotatable bonds is 2. The van der Waals surface area contributed by atoms with Crippen LogP contribution in [0.3, 0.4) is 0 Å². The van der Waals surface area contributed by atoms with E-state index < -0.39 is 9.84 Å². The first-order valence-corrected chi connectivity index (χ1v) is 5.78. The first-order chi connectivity index (χ1) is 4.99. The van der Waals surface area contributed by atoms with Gasteiger partial charge in [0.1, 0.15) is 0 Å². The van der Waals surface area contributed by atoms with Gasteiger partial charge in [0.15, 0.2) is 9.84 Å². The summed E-state index contributed by atoms with van der Waals surface area (Å²) in [4.78, 5) is 0. The number of sulfone groups is 1. The summed E-state index contributed by atoms with van der Waals surface area (Å²) in [6.07, 6.45) is 0.778. The number of hydrogen-bond donors (Lipinski definition) is 1. The van der Waals surface area contributed by atoms with Gasteiger partial charge < -0.3 is 5.32 Å². The molecule has 1 rings (SSSR count). The maximum atomic E-state index is 11.0. The van der Waals surface area contributed by atoms with Gasteiger partial charge in [-0.3, -0.25) is 0 Å². The van der Waals surface area contributed by atoms with E-state index in [1.54, 1.807) is 0 Å². The lowest BCUT2D eigenvalue weighted by Crippen LogP contribution is -2.35. The van der Waals surface area contributed by atoms with Gasteiger partial charge in [-0.05, 0) is 6.42 Å². The van der Waals surface area contributed by atoms with Crippen LogP contribution in [0.15, 0.2) is 0 Å². The molecule has 1 aliphatic heterocycles. The molecule has 1 saturated heterocycles. The molecular formula is C7H15NO2S. The molecule has 1 fully saturated rings. The van der Waals surface area contributed by atoms with Gasteiger partial charge in [0.25, 0.3) is 0 Å². The Kier molecular flexibility index (Phi) is 2.54. The van der Waals surface area contributed by atoms with Gasteiger partial charge in [0, 0.05) is 12.1 Å². The molecule has 0 aromatic heterocycles. The fourth-order valence-electron chi connectivity index (χ4n) is 1.40. The van der Waals surface area contributed by atoms with Gasteiger partial charge >= 0.3 is 0 Å². The summed E-state index contributed by atoms with van der Waals surface area (Å²) in [7, 11) is -2.70. The molecule has 11 heavy (non-hydrogen) atoms. The molecule has 4 heteroatoms. The van der Waals surface area contributed by atoms with E-state index in [0.717, 1.165) is 6.42 Å². The van der Waals surface area contributed by atoms with E-state index in [2.05, 4.69) is 5.32 Å². The van der Waals surface area contributed by atoms with Gasteiger partial charge in [-0.1, -0.05) is 13.8 Å². The Bertz CT molecular complexity index is 221. The molecule has 0 saturated carbocycles. The largest absolute Gasteiger partial charge is 0.311 e. The van der Waals surface area contributed by atoms with Crippen molar-refractivity contribution in [1.82, 2.24) is 5.32 Å². The highest BCUT2D eigenvalue weighted by molar-refractivity contribution is 7.91. The highest BCUT2D eigenvalue weighted by Gasteiger charge is 2.27. The molecule has 1 atom stereocenters. The molecule has 0 bridgehead atoms. The second-order valence-electron chi connectivity index (χ2n) is 3.42. The maximum Gasteiger partial charge on any atom is 0.151 e. The van der Waals surface area contributed by atoms with Crippen LogP contribution in [0.5, 0.6) is 0 Å². The quantitative estimate of drug-likeness (QED) is 0.654. The highest BCUT2D eigenvalue weighted by Crippen LogP contribution is 2.11. The molecule has 0 spiro atoms. The maximum absolute atomic E-state index is 11.0. The first kappa shape index (κ1) is 9.00. The minimum atomic E-state index is -2.70. The number of nitrogens with one attached hydrogen (secondary N) is 1. The normalized spacial score (nSPS) is 29.5. The standard InChI is InChI=1S/C7H15NO2S/c1-6(2)8-7-3-4-11(9,10)5-7/h6-8H,3-5H2,1-2H3. The summed E-state index contributed by atoms with van der Waals surface area (Å²) in [5, 5.41) is 3.22. The van der Waals surface area contributed by atoms with E-state index in [4.69, 9.17) is 0 Å². The fraction of sp³-hybridized carbons (Fsp3) is 1.00. The van der Waals surface area contributed by atoms with Gasteiger partial charge in [0.05, 0.1) is 11.5 Å². The summed E-state index contributed by atoms with van der Waals surface area (Å²) in [6, 6.07) is 0.577. The van der Waals surface area contributed by atoms with Crippen LogP contribution in [0.25, 0.3) is 0 Å². The van der Waals surface area contributed by atoms with Crippen molar-refractivity contribution in [2.24, 2.45) is 0 Å². The van der Waals surface area contributed by atoms with E-state index in [-0.39, 0.29) is 6.04 Å². The third-order valence-electron chi connectivity index (χ3n) is 1.80. The third-order valence-corrected chi connectivity index (χ3v) is 3.57.